The van der Waals surface area contributed by atoms with E-state index in [1.807, 2.05) is 6.92 Å². The van der Waals surface area contributed by atoms with Crippen LogP contribution in [0.4, 0.5) is 11.4 Å². The van der Waals surface area contributed by atoms with Gasteiger partial charge in [0.25, 0.3) is 5.69 Å². The van der Waals surface area contributed by atoms with Crippen molar-refractivity contribution in [2.24, 2.45) is 0 Å². The van der Waals surface area contributed by atoms with Gasteiger partial charge in [0.05, 0.1) is 10.7 Å². The molecule has 0 aliphatic carbocycles. The molecular weight excluding hydrogens is 322 g/mol. The maximum Gasteiger partial charge on any atom is 0.272 e. The van der Waals surface area contributed by atoms with Gasteiger partial charge >= 0.3 is 0 Å². The third-order valence-corrected chi connectivity index (χ3v) is 4.61. The summed E-state index contributed by atoms with van der Waals surface area (Å²) in [7, 11) is -3.67. The summed E-state index contributed by atoms with van der Waals surface area (Å²) in [4.78, 5) is 10.4. The minimum Gasteiger partial charge on any atom is -0.359 e. The molecule has 0 fully saturated rings. The number of nitro benzene ring substituents is 1. The van der Waals surface area contributed by atoms with Crippen molar-refractivity contribution >= 4 is 21.4 Å². The number of sulfonamides is 1. The van der Waals surface area contributed by atoms with Crippen LogP contribution in [0.5, 0.6) is 0 Å². The van der Waals surface area contributed by atoms with E-state index in [2.05, 4.69) is 9.88 Å². The Morgan fingerprint density at radius 2 is 2.04 bits per heavy atom. The van der Waals surface area contributed by atoms with Crippen molar-refractivity contribution in [1.82, 2.24) is 5.16 Å². The number of nitro groups is 1. The molecule has 0 aliphatic heterocycles. The topological polar surface area (TPSA) is 115 Å². The van der Waals surface area contributed by atoms with E-state index < -0.39 is 14.9 Å². The van der Waals surface area contributed by atoms with Crippen molar-refractivity contribution in [2.45, 2.75) is 26.7 Å². The van der Waals surface area contributed by atoms with E-state index in [1.165, 1.54) is 6.07 Å². The minimum atomic E-state index is -3.67. The monoisotopic (exact) mass is 339 g/mol. The van der Waals surface area contributed by atoms with E-state index in [-0.39, 0.29) is 17.9 Å². The molecule has 1 N–H and O–H groups in total. The van der Waals surface area contributed by atoms with Gasteiger partial charge in [0, 0.05) is 11.6 Å². The van der Waals surface area contributed by atoms with Crippen LogP contribution in [-0.2, 0) is 22.9 Å². The molecular formula is C14H17N3O5S. The molecule has 8 nitrogen and oxygen atoms in total. The minimum absolute atomic E-state index is 0.0400. The molecule has 0 saturated heterocycles. The van der Waals surface area contributed by atoms with Crippen LogP contribution >= 0.6 is 0 Å². The number of aryl methyl sites for hydroxylation is 3. The van der Waals surface area contributed by atoms with Crippen LogP contribution < -0.4 is 4.72 Å². The molecule has 0 radical (unpaired) electrons. The van der Waals surface area contributed by atoms with E-state index in [0.717, 1.165) is 0 Å². The molecule has 0 unspecified atom stereocenters. The molecule has 0 atom stereocenters. The fourth-order valence-corrected chi connectivity index (χ4v) is 3.30. The normalized spacial score (nSPS) is 11.4. The second-order valence-corrected chi connectivity index (χ2v) is 6.81. The molecule has 2 aromatic rings. The first-order valence-electron chi connectivity index (χ1n) is 7.02. The predicted molar refractivity (Wildman–Crippen MR) is 84.8 cm³/mol. The average Bonchev–Trinajstić information content (AvgIpc) is 2.85. The Morgan fingerprint density at radius 3 is 2.70 bits per heavy atom. The number of nitrogens with one attached hydrogen (secondary N) is 1. The number of nitrogens with zero attached hydrogens (tertiary/aromatic N) is 2. The van der Waals surface area contributed by atoms with Gasteiger partial charge in [0.15, 0.2) is 5.76 Å². The second-order valence-electron chi connectivity index (χ2n) is 4.97. The molecule has 23 heavy (non-hydrogen) atoms. The number of aromatic nitrogens is 1. The van der Waals surface area contributed by atoms with E-state index in [9.17, 15) is 18.5 Å². The van der Waals surface area contributed by atoms with E-state index in [0.29, 0.717) is 29.1 Å². The third-order valence-electron chi connectivity index (χ3n) is 3.35. The number of rotatable bonds is 7. The second kappa shape index (κ2) is 6.78. The van der Waals surface area contributed by atoms with Crippen LogP contribution in [0.25, 0.3) is 0 Å². The SMILES string of the molecule is CCc1noc(C)c1NS(=O)(=O)CCc1ccccc1[N+](=O)[O-]. The van der Waals surface area contributed by atoms with Gasteiger partial charge in [0.2, 0.25) is 10.0 Å². The molecule has 124 valence electrons. The first kappa shape index (κ1) is 16.9. The van der Waals surface area contributed by atoms with Gasteiger partial charge in [-0.25, -0.2) is 8.42 Å². The van der Waals surface area contributed by atoms with Gasteiger partial charge in [0.1, 0.15) is 11.4 Å². The number of benzene rings is 1. The molecule has 9 heteroatoms. The van der Waals surface area contributed by atoms with Crippen molar-refractivity contribution in [3.8, 4) is 0 Å². The fraction of sp³-hybridized carbons (Fsp3) is 0.357. The highest BCUT2D eigenvalue weighted by Crippen LogP contribution is 2.23. The molecule has 1 heterocycles. The Bertz CT molecular complexity index is 814. The first-order valence-corrected chi connectivity index (χ1v) is 8.67. The van der Waals surface area contributed by atoms with Crippen molar-refractivity contribution < 1.29 is 17.9 Å². The van der Waals surface area contributed by atoms with Crippen LogP contribution in [0.2, 0.25) is 0 Å². The zero-order chi connectivity index (χ0) is 17.0. The van der Waals surface area contributed by atoms with Crippen LogP contribution in [0.1, 0.15) is 23.9 Å². The van der Waals surface area contributed by atoms with E-state index in [1.54, 1.807) is 25.1 Å². The lowest BCUT2D eigenvalue weighted by atomic mass is 10.1. The number of anilines is 1. The number of hydrogen-bond donors (Lipinski definition) is 1. The van der Waals surface area contributed by atoms with Crippen molar-refractivity contribution in [1.29, 1.82) is 0 Å². The van der Waals surface area contributed by atoms with E-state index >= 15 is 0 Å². The van der Waals surface area contributed by atoms with Crippen LogP contribution in [0, 0.1) is 17.0 Å². The number of hydrogen-bond acceptors (Lipinski definition) is 6. The van der Waals surface area contributed by atoms with Gasteiger partial charge in [-0.1, -0.05) is 30.3 Å². The van der Waals surface area contributed by atoms with Gasteiger partial charge in [-0.05, 0) is 19.8 Å². The molecule has 0 amide bonds. The summed E-state index contributed by atoms with van der Waals surface area (Å²) in [6.07, 6.45) is 0.567. The summed E-state index contributed by atoms with van der Waals surface area (Å²) >= 11 is 0. The van der Waals surface area contributed by atoms with Crippen LogP contribution in [0.15, 0.2) is 28.8 Å². The van der Waals surface area contributed by atoms with Gasteiger partial charge in [-0.15, -0.1) is 0 Å². The fourth-order valence-electron chi connectivity index (χ4n) is 2.14. The largest absolute Gasteiger partial charge is 0.359 e. The lowest BCUT2D eigenvalue weighted by Gasteiger charge is -2.08. The zero-order valence-electron chi connectivity index (χ0n) is 12.8. The Labute approximate surface area is 133 Å². The Kier molecular flexibility index (Phi) is 4.99. The van der Waals surface area contributed by atoms with Crippen molar-refractivity contribution in [3.05, 3.63) is 51.4 Å². The van der Waals surface area contributed by atoms with Gasteiger partial charge in [-0.2, -0.15) is 0 Å². The zero-order valence-corrected chi connectivity index (χ0v) is 13.6. The molecule has 0 aliphatic rings. The maximum absolute atomic E-state index is 12.2. The smallest absolute Gasteiger partial charge is 0.272 e. The van der Waals surface area contributed by atoms with Crippen molar-refractivity contribution in [2.75, 3.05) is 10.5 Å². The van der Waals surface area contributed by atoms with Crippen molar-refractivity contribution in [3.63, 3.8) is 0 Å². The third kappa shape index (κ3) is 4.07. The quantitative estimate of drug-likeness (QED) is 0.612. The summed E-state index contributed by atoms with van der Waals surface area (Å²) in [5.74, 6) is 0.113. The lowest BCUT2D eigenvalue weighted by molar-refractivity contribution is -0.385. The Balaban J connectivity index is 2.14. The lowest BCUT2D eigenvalue weighted by Crippen LogP contribution is -2.19. The molecule has 0 spiro atoms. The van der Waals surface area contributed by atoms with Gasteiger partial charge in [-0.3, -0.25) is 14.8 Å². The van der Waals surface area contributed by atoms with Gasteiger partial charge < -0.3 is 4.52 Å². The molecule has 0 bridgehead atoms. The maximum atomic E-state index is 12.2. The van der Waals surface area contributed by atoms with Crippen LogP contribution in [0.3, 0.4) is 0 Å². The summed E-state index contributed by atoms with van der Waals surface area (Å²) in [5, 5.41) is 14.7. The Hall–Kier alpha value is -2.42. The Morgan fingerprint density at radius 1 is 1.35 bits per heavy atom. The highest BCUT2D eigenvalue weighted by Gasteiger charge is 2.20. The highest BCUT2D eigenvalue weighted by atomic mass is 32.2. The summed E-state index contributed by atoms with van der Waals surface area (Å²) in [5.41, 5.74) is 1.16. The number of para-hydroxylation sites is 1. The predicted octanol–water partition coefficient (Wildman–Crippen LogP) is 2.44. The average molecular weight is 339 g/mol. The summed E-state index contributed by atoms with van der Waals surface area (Å²) in [6.45, 7) is 3.45. The molecule has 1 aromatic heterocycles. The highest BCUT2D eigenvalue weighted by molar-refractivity contribution is 7.92. The molecule has 1 aromatic carbocycles. The summed E-state index contributed by atoms with van der Waals surface area (Å²) < 4.78 is 31.9. The van der Waals surface area contributed by atoms with Crippen LogP contribution in [-0.4, -0.2) is 24.3 Å². The molecule has 0 saturated carbocycles. The van der Waals surface area contributed by atoms with E-state index in [4.69, 9.17) is 4.52 Å². The first-order chi connectivity index (χ1) is 10.8. The summed E-state index contributed by atoms with van der Waals surface area (Å²) in [6, 6.07) is 6.09. The standard InChI is InChI=1S/C14H17N3O5S/c1-3-12-14(10(2)22-15-12)16-23(20,21)9-8-11-6-4-5-7-13(11)17(18)19/h4-7,16H,3,8-9H2,1-2H3. The molecule has 2 rings (SSSR count).